The van der Waals surface area contributed by atoms with Crippen LogP contribution in [-0.2, 0) is 6.42 Å². The molecule has 0 bridgehead atoms. The van der Waals surface area contributed by atoms with Gasteiger partial charge in [0.15, 0.2) is 0 Å². The second-order valence-corrected chi connectivity index (χ2v) is 2.70. The summed E-state index contributed by atoms with van der Waals surface area (Å²) in [6.45, 7) is 3.55. The van der Waals surface area contributed by atoms with E-state index in [1.165, 1.54) is 6.07 Å². The third-order valence-electron chi connectivity index (χ3n) is 1.04. The lowest BCUT2D eigenvalue weighted by atomic mass is 10.4. The number of halogens is 2. The van der Waals surface area contributed by atoms with E-state index in [4.69, 9.17) is 23.2 Å². The van der Waals surface area contributed by atoms with Gasteiger partial charge in [-0.25, -0.2) is 9.97 Å². The van der Waals surface area contributed by atoms with E-state index in [0.29, 0.717) is 22.6 Å². The van der Waals surface area contributed by atoms with Crippen LogP contribution in [-0.4, -0.2) is 9.97 Å². The lowest BCUT2D eigenvalue weighted by Gasteiger charge is -1.96. The highest BCUT2D eigenvalue weighted by Gasteiger charge is 1.98. The highest BCUT2D eigenvalue weighted by molar-refractivity contribution is 6.33. The number of aromatic nitrogens is 2. The number of nitrogens with zero attached hydrogens (tertiary/aromatic N) is 2. The molecular weight excluding hydrogens is 183 g/mol. The Balaban J connectivity index is 2.98. The molecule has 0 aliphatic carbocycles. The fraction of sp³-hybridized carbons (Fsp3) is 0.143. The van der Waals surface area contributed by atoms with Crippen LogP contribution in [0.25, 0.3) is 0 Å². The first-order valence-electron chi connectivity index (χ1n) is 3.02. The minimum atomic E-state index is 0.363. The smallest absolute Gasteiger partial charge is 0.135 e. The van der Waals surface area contributed by atoms with Crippen LogP contribution in [0.5, 0.6) is 0 Å². The van der Waals surface area contributed by atoms with E-state index in [1.54, 1.807) is 6.08 Å². The van der Waals surface area contributed by atoms with E-state index in [0.717, 1.165) is 0 Å². The molecule has 0 aliphatic heterocycles. The lowest BCUT2D eigenvalue weighted by molar-refractivity contribution is 0.991. The van der Waals surface area contributed by atoms with Crippen molar-refractivity contribution < 1.29 is 0 Å². The molecule has 0 atom stereocenters. The van der Waals surface area contributed by atoms with Gasteiger partial charge in [0, 0.05) is 12.5 Å². The van der Waals surface area contributed by atoms with Crippen LogP contribution in [0.1, 0.15) is 5.82 Å². The molecule has 1 aromatic rings. The Bertz CT molecular complexity index is 253. The highest BCUT2D eigenvalue weighted by Crippen LogP contribution is 2.11. The number of hydrogen-bond acceptors (Lipinski definition) is 2. The van der Waals surface area contributed by atoms with Gasteiger partial charge in [-0.05, 0) is 0 Å². The fourth-order valence-electron chi connectivity index (χ4n) is 0.655. The van der Waals surface area contributed by atoms with Gasteiger partial charge in [0.25, 0.3) is 0 Å². The summed E-state index contributed by atoms with van der Waals surface area (Å²) in [7, 11) is 0. The van der Waals surface area contributed by atoms with E-state index >= 15 is 0 Å². The summed E-state index contributed by atoms with van der Waals surface area (Å²) < 4.78 is 0. The number of rotatable bonds is 2. The zero-order chi connectivity index (χ0) is 8.27. The highest BCUT2D eigenvalue weighted by atomic mass is 35.5. The standard InChI is InChI=1S/C7H6Cl2N2/c1-2-3-7-10-5(8)4-6(9)11-7/h2,4H,1,3H2. The van der Waals surface area contributed by atoms with Crippen LogP contribution in [0.15, 0.2) is 18.7 Å². The predicted molar refractivity (Wildman–Crippen MR) is 46.0 cm³/mol. The van der Waals surface area contributed by atoms with Crippen LogP contribution < -0.4 is 0 Å². The zero-order valence-electron chi connectivity index (χ0n) is 5.72. The quantitative estimate of drug-likeness (QED) is 0.527. The van der Waals surface area contributed by atoms with Crippen molar-refractivity contribution in [1.82, 2.24) is 9.97 Å². The van der Waals surface area contributed by atoms with Gasteiger partial charge in [-0.1, -0.05) is 29.3 Å². The molecule has 1 heterocycles. The molecule has 1 aromatic heterocycles. The van der Waals surface area contributed by atoms with Crippen LogP contribution in [0.2, 0.25) is 10.3 Å². The van der Waals surface area contributed by atoms with E-state index in [-0.39, 0.29) is 0 Å². The molecular formula is C7H6Cl2N2. The molecule has 2 nitrogen and oxygen atoms in total. The van der Waals surface area contributed by atoms with Gasteiger partial charge in [0.2, 0.25) is 0 Å². The van der Waals surface area contributed by atoms with E-state index in [9.17, 15) is 0 Å². The fourth-order valence-corrected chi connectivity index (χ4v) is 1.11. The summed E-state index contributed by atoms with van der Waals surface area (Å²) in [6.07, 6.45) is 2.28. The van der Waals surface area contributed by atoms with Crippen molar-refractivity contribution in [3.8, 4) is 0 Å². The Morgan fingerprint density at radius 1 is 1.36 bits per heavy atom. The molecule has 0 fully saturated rings. The average molecular weight is 189 g/mol. The molecule has 0 amide bonds. The molecule has 0 saturated heterocycles. The Morgan fingerprint density at radius 3 is 2.36 bits per heavy atom. The molecule has 0 unspecified atom stereocenters. The van der Waals surface area contributed by atoms with Crippen LogP contribution in [0.4, 0.5) is 0 Å². The molecule has 0 aromatic carbocycles. The predicted octanol–water partition coefficient (Wildman–Crippen LogP) is 2.51. The molecule has 1 rings (SSSR count). The van der Waals surface area contributed by atoms with Crippen LogP contribution >= 0.6 is 23.2 Å². The van der Waals surface area contributed by atoms with E-state index in [1.807, 2.05) is 0 Å². The summed E-state index contributed by atoms with van der Waals surface area (Å²) in [6, 6.07) is 1.50. The lowest BCUT2D eigenvalue weighted by Crippen LogP contribution is -1.92. The summed E-state index contributed by atoms with van der Waals surface area (Å²) >= 11 is 11.2. The average Bonchev–Trinajstić information content (AvgIpc) is 1.85. The summed E-state index contributed by atoms with van der Waals surface area (Å²) in [5.41, 5.74) is 0. The first kappa shape index (κ1) is 8.50. The SMILES string of the molecule is C=CCc1nc(Cl)cc(Cl)n1. The topological polar surface area (TPSA) is 25.8 Å². The second kappa shape index (κ2) is 3.69. The van der Waals surface area contributed by atoms with Gasteiger partial charge >= 0.3 is 0 Å². The van der Waals surface area contributed by atoms with Gasteiger partial charge in [-0.15, -0.1) is 6.58 Å². The normalized spacial score (nSPS) is 9.64. The molecule has 0 spiro atoms. The molecule has 0 saturated carbocycles. The summed E-state index contributed by atoms with van der Waals surface area (Å²) in [5.74, 6) is 0.595. The van der Waals surface area contributed by atoms with Crippen LogP contribution in [0.3, 0.4) is 0 Å². The van der Waals surface area contributed by atoms with Gasteiger partial charge in [-0.2, -0.15) is 0 Å². The maximum atomic E-state index is 5.62. The maximum absolute atomic E-state index is 5.62. The molecule has 11 heavy (non-hydrogen) atoms. The third kappa shape index (κ3) is 2.48. The molecule has 58 valence electrons. The minimum Gasteiger partial charge on any atom is -0.221 e. The van der Waals surface area contributed by atoms with Crippen molar-refractivity contribution in [3.05, 3.63) is 34.9 Å². The molecule has 4 heteroatoms. The Hall–Kier alpha value is -0.600. The first-order chi connectivity index (χ1) is 5.22. The Labute approximate surface area is 74.9 Å². The largest absolute Gasteiger partial charge is 0.221 e. The Kier molecular flexibility index (Phi) is 2.85. The van der Waals surface area contributed by atoms with Crippen molar-refractivity contribution >= 4 is 23.2 Å². The van der Waals surface area contributed by atoms with Crippen molar-refractivity contribution in [2.45, 2.75) is 6.42 Å². The van der Waals surface area contributed by atoms with Crippen molar-refractivity contribution in [2.75, 3.05) is 0 Å². The van der Waals surface area contributed by atoms with Crippen molar-refractivity contribution in [1.29, 1.82) is 0 Å². The molecule has 0 N–H and O–H groups in total. The number of allylic oxidation sites excluding steroid dienone is 1. The van der Waals surface area contributed by atoms with E-state index < -0.39 is 0 Å². The van der Waals surface area contributed by atoms with Crippen LogP contribution in [0, 0.1) is 0 Å². The second-order valence-electron chi connectivity index (χ2n) is 1.92. The first-order valence-corrected chi connectivity index (χ1v) is 3.78. The van der Waals surface area contributed by atoms with Crippen molar-refractivity contribution in [2.24, 2.45) is 0 Å². The number of hydrogen-bond donors (Lipinski definition) is 0. The third-order valence-corrected chi connectivity index (χ3v) is 1.42. The van der Waals surface area contributed by atoms with Gasteiger partial charge in [0.1, 0.15) is 16.1 Å². The van der Waals surface area contributed by atoms with Crippen molar-refractivity contribution in [3.63, 3.8) is 0 Å². The molecule has 0 aliphatic rings. The zero-order valence-corrected chi connectivity index (χ0v) is 7.23. The minimum absolute atomic E-state index is 0.363. The van der Waals surface area contributed by atoms with E-state index in [2.05, 4.69) is 16.5 Å². The summed E-state index contributed by atoms with van der Waals surface area (Å²) in [5, 5.41) is 0.726. The van der Waals surface area contributed by atoms with Gasteiger partial charge < -0.3 is 0 Å². The van der Waals surface area contributed by atoms with Gasteiger partial charge in [0.05, 0.1) is 0 Å². The Morgan fingerprint density at radius 2 is 1.91 bits per heavy atom. The molecule has 0 radical (unpaired) electrons. The summed E-state index contributed by atoms with van der Waals surface area (Å²) in [4.78, 5) is 7.84. The maximum Gasteiger partial charge on any atom is 0.135 e. The van der Waals surface area contributed by atoms with Gasteiger partial charge in [-0.3, -0.25) is 0 Å². The monoisotopic (exact) mass is 188 g/mol.